The molecule has 8 nitrogen and oxygen atoms in total. The second-order valence-corrected chi connectivity index (χ2v) is 5.41. The van der Waals surface area contributed by atoms with Gasteiger partial charge >= 0.3 is 0 Å². The van der Waals surface area contributed by atoms with Crippen LogP contribution < -0.4 is 4.90 Å². The van der Waals surface area contributed by atoms with Crippen molar-refractivity contribution >= 4 is 22.5 Å². The van der Waals surface area contributed by atoms with E-state index in [-0.39, 0.29) is 18.9 Å². The van der Waals surface area contributed by atoms with Crippen LogP contribution in [0.15, 0.2) is 46.9 Å². The van der Waals surface area contributed by atoms with Crippen LogP contribution in [0.3, 0.4) is 0 Å². The normalized spacial score (nSPS) is 11.0. The van der Waals surface area contributed by atoms with E-state index in [0.29, 0.717) is 30.1 Å². The molecule has 1 aromatic heterocycles. The highest BCUT2D eigenvalue weighted by Gasteiger charge is 2.13. The molecule has 0 saturated carbocycles. The van der Waals surface area contributed by atoms with Gasteiger partial charge < -0.3 is 19.5 Å². The first-order chi connectivity index (χ1) is 12.1. The number of hydrogen-bond donors (Lipinski definition) is 2. The van der Waals surface area contributed by atoms with E-state index in [1.165, 1.54) is 18.2 Å². The Balaban J connectivity index is 1.89. The maximum Gasteiger partial charge on any atom is 0.271 e. The van der Waals surface area contributed by atoms with Crippen LogP contribution in [-0.2, 0) is 0 Å². The molecule has 130 valence electrons. The number of hydrogen-bond acceptors (Lipinski definition) is 7. The molecule has 8 heteroatoms. The molecular weight excluding hydrogens is 326 g/mol. The highest BCUT2D eigenvalue weighted by molar-refractivity contribution is 5.78. The summed E-state index contributed by atoms with van der Waals surface area (Å²) in [7, 11) is 0. The van der Waals surface area contributed by atoms with Gasteiger partial charge in [-0.3, -0.25) is 10.1 Å². The maximum atomic E-state index is 10.8. The van der Waals surface area contributed by atoms with Crippen LogP contribution in [0, 0.1) is 10.1 Å². The van der Waals surface area contributed by atoms with Crippen LogP contribution in [0.4, 0.5) is 11.4 Å². The highest BCUT2D eigenvalue weighted by Crippen LogP contribution is 2.28. The number of oxazole rings is 1. The summed E-state index contributed by atoms with van der Waals surface area (Å²) >= 11 is 0. The second-order valence-electron chi connectivity index (χ2n) is 5.41. The number of aliphatic hydroxyl groups is 2. The topological polar surface area (TPSA) is 113 Å². The van der Waals surface area contributed by atoms with Gasteiger partial charge in [0.15, 0.2) is 5.58 Å². The lowest BCUT2D eigenvalue weighted by Crippen LogP contribution is -2.29. The van der Waals surface area contributed by atoms with E-state index in [1.54, 1.807) is 0 Å². The van der Waals surface area contributed by atoms with Crippen LogP contribution >= 0.6 is 0 Å². The van der Waals surface area contributed by atoms with Crippen molar-refractivity contribution in [2.45, 2.75) is 0 Å². The van der Waals surface area contributed by atoms with Crippen LogP contribution in [-0.4, -0.2) is 46.4 Å². The largest absolute Gasteiger partial charge is 0.436 e. The first-order valence-corrected chi connectivity index (χ1v) is 7.74. The van der Waals surface area contributed by atoms with Gasteiger partial charge in [0.2, 0.25) is 5.89 Å². The minimum atomic E-state index is -0.473. The van der Waals surface area contributed by atoms with Gasteiger partial charge in [-0.05, 0) is 30.3 Å². The lowest BCUT2D eigenvalue weighted by molar-refractivity contribution is -0.384. The Bertz CT molecular complexity index is 870. The average Bonchev–Trinajstić information content (AvgIpc) is 3.05. The zero-order valence-electron chi connectivity index (χ0n) is 13.3. The van der Waals surface area contributed by atoms with Crippen LogP contribution in [0.5, 0.6) is 0 Å². The summed E-state index contributed by atoms with van der Waals surface area (Å²) in [4.78, 5) is 16.5. The summed E-state index contributed by atoms with van der Waals surface area (Å²) in [6, 6.07) is 11.6. The molecule has 0 spiro atoms. The molecule has 0 atom stereocenters. The fourth-order valence-corrected chi connectivity index (χ4v) is 2.58. The predicted molar refractivity (Wildman–Crippen MR) is 92.5 cm³/mol. The van der Waals surface area contributed by atoms with Crippen molar-refractivity contribution < 1.29 is 19.6 Å². The number of anilines is 1. The zero-order chi connectivity index (χ0) is 17.8. The molecule has 0 fully saturated rings. The molecule has 0 saturated heterocycles. The lowest BCUT2D eigenvalue weighted by Gasteiger charge is -2.22. The molecule has 0 aliphatic heterocycles. The van der Waals surface area contributed by atoms with E-state index in [0.717, 1.165) is 11.3 Å². The van der Waals surface area contributed by atoms with Crippen LogP contribution in [0.1, 0.15) is 0 Å². The van der Waals surface area contributed by atoms with Gasteiger partial charge in [-0.1, -0.05) is 0 Å². The number of nitrogens with zero attached hydrogens (tertiary/aromatic N) is 3. The number of fused-ring (bicyclic) bond motifs is 1. The van der Waals surface area contributed by atoms with Gasteiger partial charge in [-0.15, -0.1) is 0 Å². The summed E-state index contributed by atoms with van der Waals surface area (Å²) < 4.78 is 5.66. The Morgan fingerprint density at radius 3 is 2.36 bits per heavy atom. The predicted octanol–water partition coefficient (Wildman–Crippen LogP) is 2.19. The average molecular weight is 343 g/mol. The Labute approximate surface area is 143 Å². The Morgan fingerprint density at radius 1 is 1.08 bits per heavy atom. The standard InChI is InChI=1S/C17H17N3O5/c21-9-7-19(8-10-22)13-3-1-12(2-4-13)17-18-15-11-14(20(23)24)5-6-16(15)25-17/h1-6,11,21-22H,7-10H2. The van der Waals surface area contributed by atoms with Gasteiger partial charge in [0.05, 0.1) is 18.1 Å². The zero-order valence-corrected chi connectivity index (χ0v) is 13.3. The summed E-state index contributed by atoms with van der Waals surface area (Å²) in [5, 5.41) is 29.0. The monoisotopic (exact) mass is 343 g/mol. The Hall–Kier alpha value is -2.97. The first-order valence-electron chi connectivity index (χ1n) is 7.74. The van der Waals surface area contributed by atoms with Gasteiger partial charge in [0.25, 0.3) is 5.69 Å². The van der Waals surface area contributed by atoms with Gasteiger partial charge in [0, 0.05) is 36.5 Å². The Kier molecular flexibility index (Phi) is 4.92. The fourth-order valence-electron chi connectivity index (χ4n) is 2.58. The number of non-ortho nitro benzene ring substituents is 1. The molecule has 2 aromatic carbocycles. The van der Waals surface area contributed by atoms with Crippen LogP contribution in [0.25, 0.3) is 22.6 Å². The number of nitro benzene ring substituents is 1. The third-order valence-corrected chi connectivity index (χ3v) is 3.80. The number of rotatable bonds is 7. The van der Waals surface area contributed by atoms with Gasteiger partial charge in [-0.2, -0.15) is 0 Å². The molecular formula is C17H17N3O5. The van der Waals surface area contributed by atoms with Crippen molar-refractivity contribution in [3.8, 4) is 11.5 Å². The smallest absolute Gasteiger partial charge is 0.271 e. The van der Waals surface area contributed by atoms with E-state index < -0.39 is 4.92 Å². The molecule has 0 amide bonds. The van der Waals surface area contributed by atoms with Crippen LogP contribution in [0.2, 0.25) is 0 Å². The van der Waals surface area contributed by atoms with E-state index in [9.17, 15) is 10.1 Å². The SMILES string of the molecule is O=[N+]([O-])c1ccc2oc(-c3ccc(N(CCO)CCO)cc3)nc2c1. The summed E-state index contributed by atoms with van der Waals surface area (Å²) in [6.45, 7) is 0.830. The number of nitro groups is 1. The third-order valence-electron chi connectivity index (χ3n) is 3.80. The molecule has 0 aliphatic rings. The molecule has 0 bridgehead atoms. The second kappa shape index (κ2) is 7.29. The first kappa shape index (κ1) is 16.9. The number of benzene rings is 2. The lowest BCUT2D eigenvalue weighted by atomic mass is 10.2. The van der Waals surface area contributed by atoms with E-state index >= 15 is 0 Å². The quantitative estimate of drug-likeness (QED) is 0.499. The van der Waals surface area contributed by atoms with Gasteiger partial charge in [-0.25, -0.2) is 4.98 Å². The Morgan fingerprint density at radius 2 is 1.76 bits per heavy atom. The minimum absolute atomic E-state index is 0.00827. The van der Waals surface area contributed by atoms with Crippen molar-refractivity contribution in [3.63, 3.8) is 0 Å². The summed E-state index contributed by atoms with van der Waals surface area (Å²) in [5.74, 6) is 0.373. The van der Waals surface area contributed by atoms with Crippen molar-refractivity contribution in [1.29, 1.82) is 0 Å². The summed E-state index contributed by atoms with van der Waals surface area (Å²) in [6.07, 6.45) is 0. The molecule has 2 N–H and O–H groups in total. The third kappa shape index (κ3) is 3.59. The van der Waals surface area contributed by atoms with Crippen molar-refractivity contribution in [1.82, 2.24) is 4.98 Å². The molecule has 3 rings (SSSR count). The molecule has 0 radical (unpaired) electrons. The molecule has 0 aliphatic carbocycles. The van der Waals surface area contributed by atoms with E-state index in [1.807, 2.05) is 29.2 Å². The number of aliphatic hydroxyl groups excluding tert-OH is 2. The summed E-state index contributed by atoms with van der Waals surface area (Å²) in [5.41, 5.74) is 2.46. The van der Waals surface area contributed by atoms with Crippen molar-refractivity contribution in [2.75, 3.05) is 31.2 Å². The number of aromatic nitrogens is 1. The van der Waals surface area contributed by atoms with E-state index in [4.69, 9.17) is 14.6 Å². The van der Waals surface area contributed by atoms with Crippen molar-refractivity contribution in [2.24, 2.45) is 0 Å². The molecule has 1 heterocycles. The highest BCUT2D eigenvalue weighted by atomic mass is 16.6. The van der Waals surface area contributed by atoms with E-state index in [2.05, 4.69) is 4.98 Å². The molecule has 0 unspecified atom stereocenters. The fraction of sp³-hybridized carbons (Fsp3) is 0.235. The molecule has 25 heavy (non-hydrogen) atoms. The van der Waals surface area contributed by atoms with Crippen molar-refractivity contribution in [3.05, 3.63) is 52.6 Å². The minimum Gasteiger partial charge on any atom is -0.436 e. The molecule has 3 aromatic rings. The maximum absolute atomic E-state index is 10.8. The van der Waals surface area contributed by atoms with Gasteiger partial charge in [0.1, 0.15) is 5.52 Å².